The fourth-order valence-corrected chi connectivity index (χ4v) is 3.50. The molecular weight excluding hydrogens is 347 g/mol. The average Bonchev–Trinajstić information content (AvgIpc) is 3.19. The van der Waals surface area contributed by atoms with Crippen LogP contribution in [-0.4, -0.2) is 26.7 Å². The standard InChI is InChI=1S/C16H15FN4OS2/c1-10-18-7-13(24-10)8-19-15(22)14-9-20-16(23-2)21(14)12-5-3-11(17)4-6-12/h3-7,9H,8H2,1-2H3,(H,19,22). The fraction of sp³-hybridized carbons (Fsp3) is 0.188. The molecule has 8 heteroatoms. The molecule has 1 N–H and O–H groups in total. The van der Waals surface area contributed by atoms with Crippen LogP contribution in [0.1, 0.15) is 20.4 Å². The Hall–Kier alpha value is -2.19. The Bertz CT molecular complexity index is 857. The van der Waals surface area contributed by atoms with Gasteiger partial charge in [0.25, 0.3) is 5.91 Å². The Balaban J connectivity index is 1.86. The third kappa shape index (κ3) is 3.49. The highest BCUT2D eigenvalue weighted by Gasteiger charge is 2.17. The van der Waals surface area contributed by atoms with Gasteiger partial charge in [-0.15, -0.1) is 11.3 Å². The average molecular weight is 362 g/mol. The molecule has 2 heterocycles. The van der Waals surface area contributed by atoms with Crippen LogP contribution >= 0.6 is 23.1 Å². The molecule has 24 heavy (non-hydrogen) atoms. The molecule has 0 radical (unpaired) electrons. The molecule has 0 unspecified atom stereocenters. The largest absolute Gasteiger partial charge is 0.346 e. The molecule has 0 aliphatic rings. The normalized spacial score (nSPS) is 10.8. The molecule has 1 aromatic carbocycles. The summed E-state index contributed by atoms with van der Waals surface area (Å²) in [6.07, 6.45) is 5.16. The van der Waals surface area contributed by atoms with Crippen LogP contribution in [-0.2, 0) is 6.54 Å². The molecule has 0 saturated carbocycles. The summed E-state index contributed by atoms with van der Waals surface area (Å²) in [6, 6.07) is 5.97. The predicted octanol–water partition coefficient (Wildman–Crippen LogP) is 3.43. The van der Waals surface area contributed by atoms with Crippen molar-refractivity contribution in [3.63, 3.8) is 0 Å². The van der Waals surface area contributed by atoms with E-state index in [1.807, 2.05) is 13.2 Å². The summed E-state index contributed by atoms with van der Waals surface area (Å²) in [7, 11) is 0. The maximum atomic E-state index is 13.2. The summed E-state index contributed by atoms with van der Waals surface area (Å²) in [5.74, 6) is -0.561. The first-order chi connectivity index (χ1) is 11.6. The van der Waals surface area contributed by atoms with E-state index in [1.165, 1.54) is 30.1 Å². The van der Waals surface area contributed by atoms with Crippen LogP contribution in [0.25, 0.3) is 5.69 Å². The lowest BCUT2D eigenvalue weighted by Gasteiger charge is -2.11. The second-order valence-corrected chi connectivity index (χ2v) is 7.06. The topological polar surface area (TPSA) is 59.8 Å². The Morgan fingerprint density at radius 3 is 2.67 bits per heavy atom. The number of carbonyl (C=O) groups is 1. The molecule has 124 valence electrons. The Kier molecular flexibility index (Phi) is 4.96. The third-order valence-electron chi connectivity index (χ3n) is 3.32. The number of amides is 1. The minimum Gasteiger partial charge on any atom is -0.346 e. The maximum Gasteiger partial charge on any atom is 0.270 e. The van der Waals surface area contributed by atoms with Gasteiger partial charge in [-0.25, -0.2) is 14.4 Å². The van der Waals surface area contributed by atoms with Crippen LogP contribution in [0.5, 0.6) is 0 Å². The number of benzene rings is 1. The van der Waals surface area contributed by atoms with Crippen molar-refractivity contribution >= 4 is 29.0 Å². The lowest BCUT2D eigenvalue weighted by molar-refractivity contribution is 0.0944. The van der Waals surface area contributed by atoms with Crippen molar-refractivity contribution in [3.05, 3.63) is 58.1 Å². The first-order valence-corrected chi connectivity index (χ1v) is 9.20. The molecule has 1 amide bonds. The van der Waals surface area contributed by atoms with Gasteiger partial charge in [0.1, 0.15) is 11.5 Å². The second-order valence-electron chi connectivity index (χ2n) is 4.97. The van der Waals surface area contributed by atoms with E-state index in [-0.39, 0.29) is 11.7 Å². The van der Waals surface area contributed by atoms with Gasteiger partial charge in [0.05, 0.1) is 17.7 Å². The summed E-state index contributed by atoms with van der Waals surface area (Å²) in [5.41, 5.74) is 1.10. The van der Waals surface area contributed by atoms with Gasteiger partial charge in [-0.3, -0.25) is 9.36 Å². The summed E-state index contributed by atoms with van der Waals surface area (Å²) >= 11 is 2.96. The first kappa shape index (κ1) is 16.7. The van der Waals surface area contributed by atoms with E-state index < -0.39 is 0 Å². The number of imidazole rings is 1. The van der Waals surface area contributed by atoms with E-state index in [4.69, 9.17) is 0 Å². The molecule has 0 spiro atoms. The molecule has 0 atom stereocenters. The van der Waals surface area contributed by atoms with Gasteiger partial charge >= 0.3 is 0 Å². The highest BCUT2D eigenvalue weighted by Crippen LogP contribution is 2.22. The van der Waals surface area contributed by atoms with E-state index in [0.29, 0.717) is 23.1 Å². The van der Waals surface area contributed by atoms with Gasteiger partial charge in [-0.05, 0) is 37.4 Å². The third-order valence-corrected chi connectivity index (χ3v) is 4.89. The summed E-state index contributed by atoms with van der Waals surface area (Å²) < 4.78 is 14.9. The van der Waals surface area contributed by atoms with Crippen LogP contribution in [0.15, 0.2) is 41.8 Å². The summed E-state index contributed by atoms with van der Waals surface area (Å²) in [6.45, 7) is 2.33. The van der Waals surface area contributed by atoms with Crippen LogP contribution in [0.4, 0.5) is 4.39 Å². The van der Waals surface area contributed by atoms with E-state index in [9.17, 15) is 9.18 Å². The van der Waals surface area contributed by atoms with Gasteiger partial charge in [-0.1, -0.05) is 11.8 Å². The molecule has 0 aliphatic heterocycles. The maximum absolute atomic E-state index is 13.2. The fourth-order valence-electron chi connectivity index (χ4n) is 2.22. The van der Waals surface area contributed by atoms with Crippen molar-refractivity contribution < 1.29 is 9.18 Å². The Morgan fingerprint density at radius 1 is 1.29 bits per heavy atom. The lowest BCUT2D eigenvalue weighted by atomic mass is 10.3. The predicted molar refractivity (Wildman–Crippen MR) is 93.3 cm³/mol. The van der Waals surface area contributed by atoms with Crippen LogP contribution in [0, 0.1) is 12.7 Å². The molecule has 5 nitrogen and oxygen atoms in total. The number of hydrogen-bond donors (Lipinski definition) is 1. The van der Waals surface area contributed by atoms with Gasteiger partial charge in [0.2, 0.25) is 0 Å². The zero-order chi connectivity index (χ0) is 17.1. The molecule has 0 aliphatic carbocycles. The Morgan fingerprint density at radius 2 is 2.04 bits per heavy atom. The van der Waals surface area contributed by atoms with Crippen molar-refractivity contribution in [2.24, 2.45) is 0 Å². The van der Waals surface area contributed by atoms with Crippen LogP contribution in [0.3, 0.4) is 0 Å². The van der Waals surface area contributed by atoms with E-state index in [1.54, 1.807) is 34.2 Å². The number of aryl methyl sites for hydroxylation is 1. The Labute approximate surface area is 147 Å². The first-order valence-electron chi connectivity index (χ1n) is 7.15. The number of thiazole rings is 1. The minimum atomic E-state index is -0.323. The van der Waals surface area contributed by atoms with Crippen molar-refractivity contribution in [2.45, 2.75) is 18.6 Å². The number of halogens is 1. The number of rotatable bonds is 5. The highest BCUT2D eigenvalue weighted by atomic mass is 32.2. The van der Waals surface area contributed by atoms with Crippen molar-refractivity contribution in [1.82, 2.24) is 19.9 Å². The SMILES string of the molecule is CSc1ncc(C(=O)NCc2cnc(C)s2)n1-c1ccc(F)cc1. The number of nitrogens with zero attached hydrogens (tertiary/aromatic N) is 3. The van der Waals surface area contributed by atoms with E-state index in [2.05, 4.69) is 15.3 Å². The van der Waals surface area contributed by atoms with E-state index >= 15 is 0 Å². The zero-order valence-corrected chi connectivity index (χ0v) is 14.7. The molecule has 0 bridgehead atoms. The molecule has 3 aromatic rings. The van der Waals surface area contributed by atoms with Gasteiger partial charge in [0, 0.05) is 16.8 Å². The lowest BCUT2D eigenvalue weighted by Crippen LogP contribution is -2.25. The van der Waals surface area contributed by atoms with Crippen molar-refractivity contribution in [2.75, 3.05) is 6.26 Å². The summed E-state index contributed by atoms with van der Waals surface area (Å²) in [5, 5.41) is 4.50. The van der Waals surface area contributed by atoms with Crippen LogP contribution in [0.2, 0.25) is 0 Å². The smallest absolute Gasteiger partial charge is 0.270 e. The van der Waals surface area contributed by atoms with E-state index in [0.717, 1.165) is 9.88 Å². The van der Waals surface area contributed by atoms with Crippen LogP contribution < -0.4 is 5.32 Å². The minimum absolute atomic E-state index is 0.238. The highest BCUT2D eigenvalue weighted by molar-refractivity contribution is 7.98. The van der Waals surface area contributed by atoms with Gasteiger partial charge < -0.3 is 5.32 Å². The van der Waals surface area contributed by atoms with Gasteiger partial charge in [0.15, 0.2) is 5.16 Å². The molecule has 3 rings (SSSR count). The monoisotopic (exact) mass is 362 g/mol. The number of aromatic nitrogens is 3. The molecule has 2 aromatic heterocycles. The second kappa shape index (κ2) is 7.14. The van der Waals surface area contributed by atoms with Gasteiger partial charge in [-0.2, -0.15) is 0 Å². The zero-order valence-electron chi connectivity index (χ0n) is 13.1. The number of hydrogen-bond acceptors (Lipinski definition) is 5. The number of thioether (sulfide) groups is 1. The number of carbonyl (C=O) groups excluding carboxylic acids is 1. The van der Waals surface area contributed by atoms with Crippen molar-refractivity contribution in [3.8, 4) is 5.69 Å². The molecule has 0 saturated heterocycles. The molecular formula is C16H15FN4OS2. The molecule has 0 fully saturated rings. The quantitative estimate of drug-likeness (QED) is 0.707. The number of nitrogens with one attached hydrogen (secondary N) is 1. The van der Waals surface area contributed by atoms with Crippen molar-refractivity contribution in [1.29, 1.82) is 0 Å². The summed E-state index contributed by atoms with van der Waals surface area (Å²) in [4.78, 5) is 22.0.